The highest BCUT2D eigenvalue weighted by Gasteiger charge is 2.24. The third-order valence-corrected chi connectivity index (χ3v) is 5.05. The predicted molar refractivity (Wildman–Crippen MR) is 121 cm³/mol. The zero-order valence-corrected chi connectivity index (χ0v) is 16.2. The molecule has 4 rings (SSSR count). The smallest absolute Gasteiger partial charge is 0.423 e. The zero-order valence-electron chi connectivity index (χ0n) is 16.2. The van der Waals surface area contributed by atoms with Gasteiger partial charge < -0.3 is 14.9 Å². The molecule has 0 unspecified atom stereocenters. The zero-order chi connectivity index (χ0) is 20.2. The molecule has 3 nitrogen and oxygen atoms in total. The van der Waals surface area contributed by atoms with Gasteiger partial charge in [0.05, 0.1) is 0 Å². The third kappa shape index (κ3) is 3.95. The van der Waals surface area contributed by atoms with Crippen LogP contribution in [0, 0.1) is 6.92 Å². The molecule has 4 aromatic carbocycles. The normalized spacial score (nSPS) is 10.6. The molecule has 4 aromatic rings. The van der Waals surface area contributed by atoms with Gasteiger partial charge in [0.2, 0.25) is 0 Å². The van der Waals surface area contributed by atoms with E-state index in [1.54, 1.807) is 0 Å². The van der Waals surface area contributed by atoms with Gasteiger partial charge in [0.1, 0.15) is 0 Å². The highest BCUT2D eigenvalue weighted by Crippen LogP contribution is 2.35. The van der Waals surface area contributed by atoms with Gasteiger partial charge in [-0.15, -0.1) is 0 Å². The van der Waals surface area contributed by atoms with Crippen molar-refractivity contribution in [1.82, 2.24) is 0 Å². The van der Waals surface area contributed by atoms with Crippen LogP contribution in [0.1, 0.15) is 5.56 Å². The summed E-state index contributed by atoms with van der Waals surface area (Å²) in [6, 6.07) is 34.2. The lowest BCUT2D eigenvalue weighted by atomic mass is 9.75. The number of rotatable bonds is 5. The lowest BCUT2D eigenvalue weighted by Gasteiger charge is -2.28. The molecule has 0 spiro atoms. The molecule has 0 aromatic heterocycles. The van der Waals surface area contributed by atoms with Crippen molar-refractivity contribution in [2.24, 2.45) is 0 Å². The minimum atomic E-state index is -1.55. The Kier molecular flexibility index (Phi) is 5.47. The minimum Gasteiger partial charge on any atom is -0.423 e. The molecular formula is C25H22BNO2. The van der Waals surface area contributed by atoms with E-state index < -0.39 is 7.12 Å². The van der Waals surface area contributed by atoms with Gasteiger partial charge in [0.25, 0.3) is 0 Å². The van der Waals surface area contributed by atoms with Crippen LogP contribution in [0.25, 0.3) is 11.1 Å². The molecule has 0 aliphatic carbocycles. The fourth-order valence-electron chi connectivity index (χ4n) is 3.63. The van der Waals surface area contributed by atoms with Crippen LogP contribution in [0.5, 0.6) is 0 Å². The van der Waals surface area contributed by atoms with Crippen LogP contribution in [-0.2, 0) is 0 Å². The number of aryl methyl sites for hydroxylation is 1. The molecule has 0 radical (unpaired) electrons. The molecule has 0 fully saturated rings. The molecule has 0 aliphatic rings. The van der Waals surface area contributed by atoms with Crippen molar-refractivity contribution in [2.75, 3.05) is 4.90 Å². The molecule has 29 heavy (non-hydrogen) atoms. The van der Waals surface area contributed by atoms with Crippen molar-refractivity contribution < 1.29 is 10.0 Å². The van der Waals surface area contributed by atoms with E-state index in [2.05, 4.69) is 41.3 Å². The van der Waals surface area contributed by atoms with Gasteiger partial charge in [-0.3, -0.25) is 0 Å². The Morgan fingerprint density at radius 3 is 1.76 bits per heavy atom. The van der Waals surface area contributed by atoms with E-state index in [0.717, 1.165) is 33.8 Å². The lowest BCUT2D eigenvalue weighted by molar-refractivity contribution is 0.425. The van der Waals surface area contributed by atoms with E-state index in [4.69, 9.17) is 0 Å². The Morgan fingerprint density at radius 2 is 1.14 bits per heavy atom. The third-order valence-electron chi connectivity index (χ3n) is 5.05. The molecular weight excluding hydrogens is 357 g/mol. The first-order valence-corrected chi connectivity index (χ1v) is 9.61. The van der Waals surface area contributed by atoms with Crippen LogP contribution in [0.2, 0.25) is 0 Å². The molecule has 0 saturated carbocycles. The maximum Gasteiger partial charge on any atom is 0.490 e. The number of anilines is 3. The van der Waals surface area contributed by atoms with Crippen LogP contribution in [0.15, 0.2) is 103 Å². The van der Waals surface area contributed by atoms with E-state index >= 15 is 0 Å². The van der Waals surface area contributed by atoms with Crippen LogP contribution >= 0.6 is 0 Å². The fourth-order valence-corrected chi connectivity index (χ4v) is 3.63. The molecule has 4 heteroatoms. The number of hydrogen-bond acceptors (Lipinski definition) is 3. The molecule has 0 amide bonds. The van der Waals surface area contributed by atoms with Gasteiger partial charge in [0.15, 0.2) is 0 Å². The van der Waals surface area contributed by atoms with Gasteiger partial charge in [-0.2, -0.15) is 0 Å². The summed E-state index contributed by atoms with van der Waals surface area (Å²) in [6.07, 6.45) is 0. The molecule has 0 heterocycles. The summed E-state index contributed by atoms with van der Waals surface area (Å²) in [7, 11) is -1.55. The average Bonchev–Trinajstić information content (AvgIpc) is 2.76. The molecule has 0 bridgehead atoms. The molecule has 0 saturated heterocycles. The van der Waals surface area contributed by atoms with Gasteiger partial charge >= 0.3 is 7.12 Å². The average molecular weight is 379 g/mol. The Morgan fingerprint density at radius 1 is 0.586 bits per heavy atom. The Hall–Kier alpha value is -3.34. The van der Waals surface area contributed by atoms with Crippen molar-refractivity contribution in [2.45, 2.75) is 6.92 Å². The molecule has 0 atom stereocenters. The van der Waals surface area contributed by atoms with Crippen molar-refractivity contribution in [1.29, 1.82) is 0 Å². The Bertz CT molecular complexity index is 1080. The maximum absolute atomic E-state index is 10.0. The van der Waals surface area contributed by atoms with Crippen LogP contribution in [0.4, 0.5) is 17.1 Å². The predicted octanol–water partition coefficient (Wildman–Crippen LogP) is 4.81. The largest absolute Gasteiger partial charge is 0.490 e. The first kappa shape index (κ1) is 19.0. The Labute approximate surface area is 171 Å². The van der Waals surface area contributed by atoms with Crippen molar-refractivity contribution in [3.05, 3.63) is 109 Å². The second-order valence-electron chi connectivity index (χ2n) is 6.97. The van der Waals surface area contributed by atoms with Crippen molar-refractivity contribution in [3.8, 4) is 11.1 Å². The molecule has 142 valence electrons. The number of hydrogen-bond donors (Lipinski definition) is 2. The Balaban J connectivity index is 1.84. The maximum atomic E-state index is 10.0. The van der Waals surface area contributed by atoms with Crippen molar-refractivity contribution >= 4 is 29.6 Å². The molecule has 0 aliphatic heterocycles. The second kappa shape index (κ2) is 8.35. The number of benzene rings is 4. The molecule has 2 N–H and O–H groups in total. The fraction of sp³-hybridized carbons (Fsp3) is 0.0400. The van der Waals surface area contributed by atoms with E-state index in [-0.39, 0.29) is 0 Å². The van der Waals surface area contributed by atoms with E-state index in [9.17, 15) is 10.0 Å². The van der Waals surface area contributed by atoms with Crippen molar-refractivity contribution in [3.63, 3.8) is 0 Å². The summed E-state index contributed by atoms with van der Waals surface area (Å²) in [5.41, 5.74) is 6.28. The van der Waals surface area contributed by atoms with Crippen LogP contribution < -0.4 is 10.4 Å². The summed E-state index contributed by atoms with van der Waals surface area (Å²) in [5.74, 6) is 0. The van der Waals surface area contributed by atoms with Crippen LogP contribution in [0.3, 0.4) is 0 Å². The number of nitrogens with zero attached hydrogens (tertiary/aromatic N) is 1. The summed E-state index contributed by atoms with van der Waals surface area (Å²) in [4.78, 5) is 2.05. The van der Waals surface area contributed by atoms with Gasteiger partial charge in [-0.1, -0.05) is 72.8 Å². The topological polar surface area (TPSA) is 43.7 Å². The standard InChI is InChI=1S/C25H22BNO2/c1-19-9-8-14-24(25(19)26(28)29)27(22-12-6-3-7-13-22)23-17-15-21(16-18-23)20-10-4-2-5-11-20/h2-18,28-29H,1H3. The monoisotopic (exact) mass is 379 g/mol. The van der Waals surface area contributed by atoms with Gasteiger partial charge in [-0.25, -0.2) is 0 Å². The highest BCUT2D eigenvalue weighted by molar-refractivity contribution is 6.61. The SMILES string of the molecule is Cc1cccc(N(c2ccccc2)c2ccc(-c3ccccc3)cc2)c1B(O)O. The van der Waals surface area contributed by atoms with E-state index in [1.807, 2.05) is 73.7 Å². The summed E-state index contributed by atoms with van der Waals surface area (Å²) >= 11 is 0. The summed E-state index contributed by atoms with van der Waals surface area (Å²) < 4.78 is 0. The lowest BCUT2D eigenvalue weighted by Crippen LogP contribution is -2.36. The second-order valence-corrected chi connectivity index (χ2v) is 6.97. The highest BCUT2D eigenvalue weighted by atomic mass is 16.4. The first-order valence-electron chi connectivity index (χ1n) is 9.61. The summed E-state index contributed by atoms with van der Waals surface area (Å²) in [5, 5.41) is 20.1. The summed E-state index contributed by atoms with van der Waals surface area (Å²) in [6.45, 7) is 1.89. The van der Waals surface area contributed by atoms with Gasteiger partial charge in [0, 0.05) is 22.5 Å². The van der Waals surface area contributed by atoms with Gasteiger partial charge in [-0.05, 0) is 53.9 Å². The minimum absolute atomic E-state index is 0.503. The van der Waals surface area contributed by atoms with Crippen LogP contribution in [-0.4, -0.2) is 17.2 Å². The number of para-hydroxylation sites is 1. The van der Waals surface area contributed by atoms with E-state index in [0.29, 0.717) is 5.46 Å². The van der Waals surface area contributed by atoms with E-state index in [1.165, 1.54) is 0 Å². The quantitative estimate of drug-likeness (QED) is 0.489. The first-order chi connectivity index (χ1) is 14.1.